The summed E-state index contributed by atoms with van der Waals surface area (Å²) in [6, 6.07) is 5.15. The smallest absolute Gasteiger partial charge is 0.250 e. The molecule has 1 aromatic carbocycles. The van der Waals surface area contributed by atoms with E-state index in [-0.39, 0.29) is 5.54 Å². The Bertz CT molecular complexity index is 399. The fourth-order valence-electron chi connectivity index (χ4n) is 1.34. The number of primary amides is 1. The molecule has 0 aliphatic rings. The lowest BCUT2D eigenvalue weighted by atomic mass is 10.00. The Balaban J connectivity index is 3.16. The molecule has 0 radical (unpaired) electrons. The number of carbonyl (C=O) groups is 1. The van der Waals surface area contributed by atoms with Gasteiger partial charge in [-0.25, -0.2) is 0 Å². The van der Waals surface area contributed by atoms with Crippen LogP contribution in [0.15, 0.2) is 18.2 Å². The van der Waals surface area contributed by atoms with E-state index in [4.69, 9.17) is 11.5 Å². The molecule has 1 amide bonds. The molecule has 0 heterocycles. The number of nitrogen functional groups attached to an aromatic ring is 1. The second-order valence-electron chi connectivity index (χ2n) is 4.50. The lowest BCUT2D eigenvalue weighted by Gasteiger charge is -2.27. The predicted octanol–water partition coefficient (Wildman–Crippen LogP) is 1.97. The monoisotopic (exact) mass is 221 g/mol. The quantitative estimate of drug-likeness (QED) is 0.680. The molecule has 4 nitrogen and oxygen atoms in total. The number of carbonyl (C=O) groups excluding carboxylic acids is 1. The third-order valence-corrected chi connectivity index (χ3v) is 2.71. The molecule has 0 saturated carbocycles. The Hall–Kier alpha value is -1.71. The van der Waals surface area contributed by atoms with Crippen molar-refractivity contribution < 1.29 is 4.79 Å². The summed E-state index contributed by atoms with van der Waals surface area (Å²) in [5, 5.41) is 3.26. The Labute approximate surface area is 96.0 Å². The van der Waals surface area contributed by atoms with E-state index >= 15 is 0 Å². The van der Waals surface area contributed by atoms with Crippen molar-refractivity contribution in [1.82, 2.24) is 0 Å². The zero-order valence-electron chi connectivity index (χ0n) is 10.0. The van der Waals surface area contributed by atoms with Gasteiger partial charge >= 0.3 is 0 Å². The Morgan fingerprint density at radius 1 is 1.44 bits per heavy atom. The fraction of sp³-hybridized carbons (Fsp3) is 0.417. The minimum absolute atomic E-state index is 0.125. The number of nitrogens with one attached hydrogen (secondary N) is 1. The van der Waals surface area contributed by atoms with Crippen molar-refractivity contribution in [1.29, 1.82) is 0 Å². The highest BCUT2D eigenvalue weighted by Gasteiger charge is 2.19. The average Bonchev–Trinajstić information content (AvgIpc) is 2.20. The molecule has 0 aliphatic heterocycles. The Morgan fingerprint density at radius 3 is 2.56 bits per heavy atom. The summed E-state index contributed by atoms with van der Waals surface area (Å²) < 4.78 is 0. The summed E-state index contributed by atoms with van der Waals surface area (Å²) in [4.78, 5) is 11.3. The lowest BCUT2D eigenvalue weighted by molar-refractivity contribution is 0.100. The van der Waals surface area contributed by atoms with Crippen molar-refractivity contribution in [2.45, 2.75) is 32.7 Å². The highest BCUT2D eigenvalue weighted by atomic mass is 16.1. The largest absolute Gasteiger partial charge is 0.397 e. The first kappa shape index (κ1) is 12.4. The van der Waals surface area contributed by atoms with Gasteiger partial charge in [-0.15, -0.1) is 0 Å². The van der Waals surface area contributed by atoms with E-state index in [1.165, 1.54) is 0 Å². The molecular formula is C12H19N3O. The zero-order valence-corrected chi connectivity index (χ0v) is 10.0. The van der Waals surface area contributed by atoms with Gasteiger partial charge in [0.1, 0.15) is 0 Å². The van der Waals surface area contributed by atoms with E-state index in [0.29, 0.717) is 16.9 Å². The Morgan fingerprint density at radius 2 is 2.06 bits per heavy atom. The normalized spacial score (nSPS) is 11.2. The standard InChI is InChI=1S/C12H19N3O/c1-4-12(2,3)15-10-8(11(14)16)6-5-7-9(10)13/h5-7,15H,4,13H2,1-3H3,(H2,14,16). The highest BCUT2D eigenvalue weighted by Crippen LogP contribution is 2.27. The number of benzene rings is 1. The van der Waals surface area contributed by atoms with Crippen LogP contribution in [0.2, 0.25) is 0 Å². The molecule has 5 N–H and O–H groups in total. The second-order valence-corrected chi connectivity index (χ2v) is 4.50. The molecule has 1 aromatic rings. The molecule has 0 spiro atoms. The number of rotatable bonds is 4. The van der Waals surface area contributed by atoms with Crippen LogP contribution in [0.4, 0.5) is 11.4 Å². The predicted molar refractivity (Wildman–Crippen MR) is 67.4 cm³/mol. The average molecular weight is 221 g/mol. The molecule has 0 saturated heterocycles. The van der Waals surface area contributed by atoms with Crippen LogP contribution in [0.3, 0.4) is 0 Å². The first-order valence-electron chi connectivity index (χ1n) is 5.34. The van der Waals surface area contributed by atoms with E-state index in [1.54, 1.807) is 18.2 Å². The molecular weight excluding hydrogens is 202 g/mol. The van der Waals surface area contributed by atoms with Gasteiger partial charge in [0.25, 0.3) is 5.91 Å². The lowest BCUT2D eigenvalue weighted by Crippen LogP contribution is -2.31. The van der Waals surface area contributed by atoms with Gasteiger partial charge < -0.3 is 16.8 Å². The number of nitrogens with two attached hydrogens (primary N) is 2. The summed E-state index contributed by atoms with van der Waals surface area (Å²) in [6.07, 6.45) is 0.916. The van der Waals surface area contributed by atoms with Crippen molar-refractivity contribution in [2.75, 3.05) is 11.1 Å². The van der Waals surface area contributed by atoms with Gasteiger partial charge in [0.05, 0.1) is 16.9 Å². The molecule has 16 heavy (non-hydrogen) atoms. The first-order valence-corrected chi connectivity index (χ1v) is 5.34. The molecule has 0 fully saturated rings. The van der Waals surface area contributed by atoms with Gasteiger partial charge in [-0.1, -0.05) is 13.0 Å². The topological polar surface area (TPSA) is 81.1 Å². The van der Waals surface area contributed by atoms with Gasteiger partial charge in [0, 0.05) is 5.54 Å². The maximum absolute atomic E-state index is 11.3. The molecule has 0 aromatic heterocycles. The summed E-state index contributed by atoms with van der Waals surface area (Å²) in [5.41, 5.74) is 12.6. The number of para-hydroxylation sites is 1. The number of hydrogen-bond acceptors (Lipinski definition) is 3. The van der Waals surface area contributed by atoms with Gasteiger partial charge in [-0.05, 0) is 32.4 Å². The number of amides is 1. The van der Waals surface area contributed by atoms with E-state index < -0.39 is 5.91 Å². The SMILES string of the molecule is CCC(C)(C)Nc1c(N)cccc1C(N)=O. The molecule has 0 aliphatic carbocycles. The van der Waals surface area contributed by atoms with Gasteiger partial charge in [0.15, 0.2) is 0 Å². The van der Waals surface area contributed by atoms with E-state index in [1.807, 2.05) is 13.8 Å². The molecule has 0 unspecified atom stereocenters. The van der Waals surface area contributed by atoms with Crippen molar-refractivity contribution in [2.24, 2.45) is 5.73 Å². The van der Waals surface area contributed by atoms with Gasteiger partial charge in [-0.3, -0.25) is 4.79 Å². The molecule has 0 bridgehead atoms. The van der Waals surface area contributed by atoms with Crippen LogP contribution in [-0.2, 0) is 0 Å². The van der Waals surface area contributed by atoms with Crippen LogP contribution in [0.1, 0.15) is 37.6 Å². The van der Waals surface area contributed by atoms with Crippen LogP contribution in [0.5, 0.6) is 0 Å². The van der Waals surface area contributed by atoms with Crippen molar-refractivity contribution in [3.8, 4) is 0 Å². The fourth-order valence-corrected chi connectivity index (χ4v) is 1.34. The van der Waals surface area contributed by atoms with Crippen LogP contribution in [0.25, 0.3) is 0 Å². The van der Waals surface area contributed by atoms with E-state index in [9.17, 15) is 4.79 Å². The first-order chi connectivity index (χ1) is 7.37. The molecule has 4 heteroatoms. The van der Waals surface area contributed by atoms with Crippen molar-refractivity contribution >= 4 is 17.3 Å². The minimum atomic E-state index is -0.471. The number of hydrogen-bond donors (Lipinski definition) is 3. The third kappa shape index (κ3) is 2.66. The zero-order chi connectivity index (χ0) is 12.3. The molecule has 0 atom stereocenters. The summed E-state index contributed by atoms with van der Waals surface area (Å²) >= 11 is 0. The van der Waals surface area contributed by atoms with Crippen LogP contribution >= 0.6 is 0 Å². The highest BCUT2D eigenvalue weighted by molar-refractivity contribution is 6.01. The van der Waals surface area contributed by atoms with Crippen LogP contribution in [0, 0.1) is 0 Å². The van der Waals surface area contributed by atoms with E-state index in [2.05, 4.69) is 12.2 Å². The minimum Gasteiger partial charge on any atom is -0.397 e. The summed E-state index contributed by atoms with van der Waals surface area (Å²) in [5.74, 6) is -0.471. The van der Waals surface area contributed by atoms with E-state index in [0.717, 1.165) is 6.42 Å². The third-order valence-electron chi connectivity index (χ3n) is 2.71. The van der Waals surface area contributed by atoms with Crippen molar-refractivity contribution in [3.63, 3.8) is 0 Å². The number of anilines is 2. The van der Waals surface area contributed by atoms with Gasteiger partial charge in [0.2, 0.25) is 0 Å². The molecule has 1 rings (SSSR count). The maximum Gasteiger partial charge on any atom is 0.250 e. The van der Waals surface area contributed by atoms with Crippen molar-refractivity contribution in [3.05, 3.63) is 23.8 Å². The summed E-state index contributed by atoms with van der Waals surface area (Å²) in [6.45, 7) is 6.16. The second kappa shape index (κ2) is 4.43. The maximum atomic E-state index is 11.3. The Kier molecular flexibility index (Phi) is 3.42. The van der Waals surface area contributed by atoms with Crippen LogP contribution in [-0.4, -0.2) is 11.4 Å². The van der Waals surface area contributed by atoms with Gasteiger partial charge in [-0.2, -0.15) is 0 Å². The van der Waals surface area contributed by atoms with Crippen LogP contribution < -0.4 is 16.8 Å². The molecule has 88 valence electrons. The summed E-state index contributed by atoms with van der Waals surface area (Å²) in [7, 11) is 0.